The molecule has 0 amide bonds. The first-order valence-electron chi connectivity index (χ1n) is 12.3. The van der Waals surface area contributed by atoms with E-state index >= 15 is 0 Å². The first kappa shape index (κ1) is 23.1. The SMILES string of the molecule is CC1CCc2ccc(COc3cc4c(cn3)[C@H]3[C@@H](C4)[C@@H]3C(=O)O)cc2C1c1ccccc1C(F)(F)F. The normalized spacial score (nSPS) is 26.1. The van der Waals surface area contributed by atoms with Crippen molar-refractivity contribution in [1.82, 2.24) is 4.98 Å². The van der Waals surface area contributed by atoms with Crippen LogP contribution < -0.4 is 4.74 Å². The summed E-state index contributed by atoms with van der Waals surface area (Å²) in [6, 6.07) is 13.8. The molecular formula is C29H26F3NO3. The second kappa shape index (κ2) is 8.36. The molecule has 0 spiro atoms. The predicted octanol–water partition coefficient (Wildman–Crippen LogP) is 6.36. The van der Waals surface area contributed by atoms with Gasteiger partial charge in [-0.15, -0.1) is 0 Å². The molecule has 0 radical (unpaired) electrons. The van der Waals surface area contributed by atoms with E-state index in [0.29, 0.717) is 11.4 Å². The van der Waals surface area contributed by atoms with Gasteiger partial charge in [0.15, 0.2) is 0 Å². The highest BCUT2D eigenvalue weighted by molar-refractivity contribution is 5.77. The second-order valence-electron chi connectivity index (χ2n) is 10.4. The van der Waals surface area contributed by atoms with E-state index in [1.54, 1.807) is 18.3 Å². The van der Waals surface area contributed by atoms with Crippen LogP contribution in [-0.4, -0.2) is 16.1 Å². The zero-order valence-corrected chi connectivity index (χ0v) is 19.8. The van der Waals surface area contributed by atoms with Crippen LogP contribution in [0.15, 0.2) is 54.7 Å². The lowest BCUT2D eigenvalue weighted by Gasteiger charge is -2.34. The number of halogens is 3. The van der Waals surface area contributed by atoms with Gasteiger partial charge in [-0.05, 0) is 70.5 Å². The summed E-state index contributed by atoms with van der Waals surface area (Å²) in [6.45, 7) is 2.28. The number of hydrogen-bond acceptors (Lipinski definition) is 3. The van der Waals surface area contributed by atoms with Gasteiger partial charge in [0.1, 0.15) is 6.61 Å². The monoisotopic (exact) mass is 493 g/mol. The Bertz CT molecular complexity index is 1350. The van der Waals surface area contributed by atoms with Gasteiger partial charge >= 0.3 is 12.1 Å². The van der Waals surface area contributed by atoms with Crippen LogP contribution in [0.3, 0.4) is 0 Å². The minimum absolute atomic E-state index is 0.0678. The highest BCUT2D eigenvalue weighted by Crippen LogP contribution is 2.61. The Balaban J connectivity index is 1.24. The summed E-state index contributed by atoms with van der Waals surface area (Å²) >= 11 is 0. The lowest BCUT2D eigenvalue weighted by atomic mass is 9.71. The second-order valence-corrected chi connectivity index (χ2v) is 10.4. The molecule has 0 bridgehead atoms. The lowest BCUT2D eigenvalue weighted by Crippen LogP contribution is -2.23. The summed E-state index contributed by atoms with van der Waals surface area (Å²) < 4.78 is 47.4. The fraction of sp³-hybridized carbons (Fsp3) is 0.379. The number of carboxylic acid groups (broad SMARTS) is 1. The number of carboxylic acids is 1. The van der Waals surface area contributed by atoms with Crippen LogP contribution in [-0.2, 0) is 30.4 Å². The summed E-state index contributed by atoms with van der Waals surface area (Å²) in [5.41, 5.74) is 4.77. The number of rotatable bonds is 5. The van der Waals surface area contributed by atoms with Gasteiger partial charge in [-0.25, -0.2) is 4.98 Å². The summed E-state index contributed by atoms with van der Waals surface area (Å²) in [5, 5.41) is 9.30. The highest BCUT2D eigenvalue weighted by Gasteiger charge is 2.60. The van der Waals surface area contributed by atoms with E-state index in [1.165, 1.54) is 12.1 Å². The molecule has 1 N–H and O–H groups in total. The third-order valence-electron chi connectivity index (χ3n) is 8.24. The average Bonchev–Trinajstić information content (AvgIpc) is 3.44. The van der Waals surface area contributed by atoms with Gasteiger partial charge < -0.3 is 9.84 Å². The number of aliphatic carboxylic acids is 1. The zero-order valence-electron chi connectivity index (χ0n) is 19.8. The average molecular weight is 494 g/mol. The highest BCUT2D eigenvalue weighted by atomic mass is 19.4. The Labute approximate surface area is 207 Å². The van der Waals surface area contributed by atoms with Crippen molar-refractivity contribution in [2.24, 2.45) is 17.8 Å². The molecule has 2 unspecified atom stereocenters. The Morgan fingerprint density at radius 1 is 1.08 bits per heavy atom. The Morgan fingerprint density at radius 2 is 1.89 bits per heavy atom. The molecule has 0 saturated heterocycles. The van der Waals surface area contributed by atoms with Gasteiger partial charge in [-0.1, -0.05) is 43.3 Å². The fourth-order valence-corrected chi connectivity index (χ4v) is 6.45. The number of pyridine rings is 1. The lowest BCUT2D eigenvalue weighted by molar-refractivity contribution is -0.139. The molecule has 186 valence electrons. The molecule has 5 atom stereocenters. The molecule has 3 aromatic rings. The zero-order chi connectivity index (χ0) is 25.2. The van der Waals surface area contributed by atoms with Crippen molar-refractivity contribution < 1.29 is 27.8 Å². The van der Waals surface area contributed by atoms with E-state index in [1.807, 2.05) is 31.2 Å². The van der Waals surface area contributed by atoms with Gasteiger partial charge in [0.2, 0.25) is 5.88 Å². The van der Waals surface area contributed by atoms with Crippen LogP contribution in [0.25, 0.3) is 0 Å². The first-order chi connectivity index (χ1) is 17.2. The number of fused-ring (bicyclic) bond motifs is 4. The Morgan fingerprint density at radius 3 is 2.67 bits per heavy atom. The molecule has 1 fully saturated rings. The van der Waals surface area contributed by atoms with Crippen molar-refractivity contribution in [2.45, 2.75) is 50.8 Å². The van der Waals surface area contributed by atoms with Crippen LogP contribution >= 0.6 is 0 Å². The van der Waals surface area contributed by atoms with Crippen molar-refractivity contribution in [2.75, 3.05) is 0 Å². The predicted molar refractivity (Wildman–Crippen MR) is 127 cm³/mol. The molecule has 1 aromatic heterocycles. The molecule has 1 saturated carbocycles. The minimum Gasteiger partial charge on any atom is -0.481 e. The van der Waals surface area contributed by atoms with E-state index < -0.39 is 17.7 Å². The molecule has 1 heterocycles. The van der Waals surface area contributed by atoms with E-state index in [9.17, 15) is 23.1 Å². The Kier molecular flexibility index (Phi) is 5.36. The smallest absolute Gasteiger partial charge is 0.416 e. The van der Waals surface area contributed by atoms with E-state index in [4.69, 9.17) is 4.74 Å². The van der Waals surface area contributed by atoms with Crippen molar-refractivity contribution in [1.29, 1.82) is 0 Å². The fourth-order valence-electron chi connectivity index (χ4n) is 6.45. The number of ether oxygens (including phenoxy) is 1. The molecule has 3 aliphatic carbocycles. The van der Waals surface area contributed by atoms with Gasteiger partial charge in [0.05, 0.1) is 11.5 Å². The van der Waals surface area contributed by atoms with Crippen LogP contribution in [0.2, 0.25) is 0 Å². The quantitative estimate of drug-likeness (QED) is 0.449. The Hall–Kier alpha value is -3.35. The van der Waals surface area contributed by atoms with Crippen LogP contribution in [0.1, 0.15) is 64.1 Å². The number of alkyl halides is 3. The number of aromatic nitrogens is 1. The van der Waals surface area contributed by atoms with E-state index in [-0.39, 0.29) is 36.2 Å². The largest absolute Gasteiger partial charge is 0.481 e. The van der Waals surface area contributed by atoms with Gasteiger partial charge in [-0.3, -0.25) is 4.79 Å². The summed E-state index contributed by atoms with van der Waals surface area (Å²) in [4.78, 5) is 15.7. The van der Waals surface area contributed by atoms with Crippen LogP contribution in [0.5, 0.6) is 5.88 Å². The topological polar surface area (TPSA) is 59.4 Å². The third kappa shape index (κ3) is 3.85. The molecule has 2 aromatic carbocycles. The molecule has 36 heavy (non-hydrogen) atoms. The number of benzene rings is 2. The van der Waals surface area contributed by atoms with Crippen LogP contribution in [0, 0.1) is 17.8 Å². The molecule has 3 aliphatic rings. The van der Waals surface area contributed by atoms with Gasteiger partial charge in [0, 0.05) is 24.1 Å². The van der Waals surface area contributed by atoms with Crippen molar-refractivity contribution >= 4 is 5.97 Å². The standard InChI is InChI=1S/C29H26F3NO3/c1-15-6-8-17-9-7-16(10-20(17)25(15)19-4-2-3-5-23(19)29(30,31)32)14-36-24-12-18-11-21-26(22(18)13-33-24)27(21)28(34)35/h2-5,7,9-10,12-13,15,21,25-27H,6,8,11,14H2,1H3,(H,34,35)/t15?,21-,25?,26-,27+/m1/s1. The molecule has 0 aliphatic heterocycles. The maximum atomic E-state index is 13.8. The van der Waals surface area contributed by atoms with Gasteiger partial charge in [-0.2, -0.15) is 13.2 Å². The van der Waals surface area contributed by atoms with Crippen molar-refractivity contribution in [3.63, 3.8) is 0 Å². The van der Waals surface area contributed by atoms with Crippen LogP contribution in [0.4, 0.5) is 13.2 Å². The summed E-state index contributed by atoms with van der Waals surface area (Å²) in [7, 11) is 0. The van der Waals surface area contributed by atoms with Crippen molar-refractivity contribution in [3.05, 3.63) is 93.7 Å². The maximum Gasteiger partial charge on any atom is 0.416 e. The number of carbonyl (C=O) groups is 1. The summed E-state index contributed by atoms with van der Waals surface area (Å²) in [5.74, 6) is -0.581. The molecular weight excluding hydrogens is 467 g/mol. The molecule has 4 nitrogen and oxygen atoms in total. The molecule has 7 heteroatoms. The maximum absolute atomic E-state index is 13.8. The first-order valence-corrected chi connectivity index (χ1v) is 12.3. The van der Waals surface area contributed by atoms with E-state index in [2.05, 4.69) is 4.98 Å². The number of hydrogen-bond donors (Lipinski definition) is 1. The molecule has 6 rings (SSSR count). The van der Waals surface area contributed by atoms with Gasteiger partial charge in [0.25, 0.3) is 0 Å². The summed E-state index contributed by atoms with van der Waals surface area (Å²) in [6.07, 6.45) is -0.263. The third-order valence-corrected chi connectivity index (χ3v) is 8.24. The van der Waals surface area contributed by atoms with E-state index in [0.717, 1.165) is 47.1 Å². The van der Waals surface area contributed by atoms with Crippen molar-refractivity contribution in [3.8, 4) is 5.88 Å². The minimum atomic E-state index is -4.40. The number of aryl methyl sites for hydroxylation is 1. The number of nitrogens with zero attached hydrogens (tertiary/aromatic N) is 1.